The molecule has 2 atom stereocenters. The van der Waals surface area contributed by atoms with Crippen molar-refractivity contribution in [2.45, 2.75) is 25.9 Å². The molecule has 5 aromatic rings. The molecule has 0 saturated carbocycles. The molecular weight excluding hydrogens is 516 g/mol. The number of aryl methyl sites for hydroxylation is 1. The average Bonchev–Trinajstić information content (AvgIpc) is 3.49. The summed E-state index contributed by atoms with van der Waals surface area (Å²) in [5.74, 6) is 2.28. The van der Waals surface area contributed by atoms with Crippen LogP contribution in [0.3, 0.4) is 0 Å². The van der Waals surface area contributed by atoms with Gasteiger partial charge in [-0.3, -0.25) is 4.98 Å². The minimum absolute atomic E-state index is 0.0978. The van der Waals surface area contributed by atoms with Gasteiger partial charge in [-0.1, -0.05) is 24.3 Å². The zero-order chi connectivity index (χ0) is 27.6. The van der Waals surface area contributed by atoms with Crippen molar-refractivity contribution in [3.8, 4) is 22.9 Å². The van der Waals surface area contributed by atoms with Gasteiger partial charge in [0.25, 0.3) is 0 Å². The maximum Gasteiger partial charge on any atom is 0.174 e. The van der Waals surface area contributed by atoms with E-state index >= 15 is 0 Å². The number of rotatable bonds is 7. The lowest BCUT2D eigenvalue weighted by atomic mass is 9.96. The number of thiocarbonyl (C=S) groups is 1. The zero-order valence-corrected chi connectivity index (χ0v) is 23.4. The van der Waals surface area contributed by atoms with Crippen LogP contribution in [-0.2, 0) is 0 Å². The molecule has 0 amide bonds. The van der Waals surface area contributed by atoms with Crippen molar-refractivity contribution in [3.63, 3.8) is 0 Å². The number of nitrogens with one attached hydrogen (secondary N) is 1. The predicted octanol–water partition coefficient (Wildman–Crippen LogP) is 7.47. The van der Waals surface area contributed by atoms with E-state index in [1.54, 1.807) is 7.11 Å². The number of nitrogens with zero attached hydrogens (tertiary/aromatic N) is 3. The van der Waals surface area contributed by atoms with Crippen LogP contribution in [0, 0.1) is 13.8 Å². The Hall–Kier alpha value is -4.62. The summed E-state index contributed by atoms with van der Waals surface area (Å²) in [4.78, 5) is 6.90. The first-order valence-corrected chi connectivity index (χ1v) is 13.6. The summed E-state index contributed by atoms with van der Waals surface area (Å²) >= 11 is 5.95. The van der Waals surface area contributed by atoms with Gasteiger partial charge in [-0.15, -0.1) is 0 Å². The number of hydrogen-bond acceptors (Lipinski definition) is 4. The second kappa shape index (κ2) is 10.9. The van der Waals surface area contributed by atoms with Gasteiger partial charge in [-0.2, -0.15) is 0 Å². The maximum absolute atomic E-state index is 6.08. The molecule has 3 heterocycles. The Morgan fingerprint density at radius 1 is 0.775 bits per heavy atom. The van der Waals surface area contributed by atoms with Crippen LogP contribution in [0.2, 0.25) is 0 Å². The van der Waals surface area contributed by atoms with Gasteiger partial charge in [0.15, 0.2) is 5.11 Å². The highest BCUT2D eigenvalue weighted by molar-refractivity contribution is 7.80. The second-order valence-corrected chi connectivity index (χ2v) is 10.2. The second-order valence-electron chi connectivity index (χ2n) is 9.77. The molecule has 1 fully saturated rings. The van der Waals surface area contributed by atoms with E-state index in [0.29, 0.717) is 5.11 Å². The smallest absolute Gasteiger partial charge is 0.174 e. The van der Waals surface area contributed by atoms with Crippen molar-refractivity contribution in [3.05, 3.63) is 132 Å². The van der Waals surface area contributed by atoms with Crippen LogP contribution in [0.25, 0.3) is 5.69 Å². The monoisotopic (exact) mass is 546 g/mol. The van der Waals surface area contributed by atoms with E-state index in [4.69, 9.17) is 26.7 Å². The first-order chi connectivity index (χ1) is 19.5. The maximum atomic E-state index is 6.08. The number of ether oxygens (including phenoxy) is 2. The Bertz CT molecular complexity index is 1620. The number of methoxy groups -OCH3 is 1. The van der Waals surface area contributed by atoms with Gasteiger partial charge >= 0.3 is 0 Å². The average molecular weight is 547 g/mol. The summed E-state index contributed by atoms with van der Waals surface area (Å²) in [6.07, 6.45) is 1.83. The molecule has 7 heteroatoms. The SMILES string of the molecule is COc1ccc(Oc2ccc(N3C(=S)NC(c4ccccn4)C3c3cc(C)n(-c4ccccc4)c3C)cc2)cc1. The van der Waals surface area contributed by atoms with Crippen LogP contribution in [0.15, 0.2) is 109 Å². The largest absolute Gasteiger partial charge is 0.497 e. The highest BCUT2D eigenvalue weighted by Gasteiger charge is 2.42. The fourth-order valence-electron chi connectivity index (χ4n) is 5.47. The van der Waals surface area contributed by atoms with E-state index in [2.05, 4.69) is 77.2 Å². The van der Waals surface area contributed by atoms with Crippen molar-refractivity contribution in [1.29, 1.82) is 0 Å². The first-order valence-electron chi connectivity index (χ1n) is 13.2. The normalized spacial score (nSPS) is 16.6. The third-order valence-electron chi connectivity index (χ3n) is 7.31. The molecule has 6 nitrogen and oxygen atoms in total. The van der Waals surface area contributed by atoms with Gasteiger partial charge in [0, 0.05) is 29.0 Å². The minimum atomic E-state index is -0.117. The van der Waals surface area contributed by atoms with Gasteiger partial charge in [-0.05, 0) is 110 Å². The quantitative estimate of drug-likeness (QED) is 0.214. The molecule has 40 heavy (non-hydrogen) atoms. The molecule has 1 saturated heterocycles. The molecule has 0 aliphatic carbocycles. The lowest BCUT2D eigenvalue weighted by Gasteiger charge is -2.28. The standard InChI is InChI=1S/C33H30N4O2S/c1-22-21-29(23(2)36(22)24-9-5-4-6-10-24)32-31(30-11-7-8-20-34-30)35-33(40)37(32)25-12-14-27(15-13-25)39-28-18-16-26(38-3)17-19-28/h4-21,31-32H,1-3H3,(H,35,40). The summed E-state index contributed by atoms with van der Waals surface area (Å²) in [6.45, 7) is 4.33. The number of anilines is 1. The summed E-state index contributed by atoms with van der Waals surface area (Å²) in [7, 11) is 1.65. The molecule has 2 unspecified atom stereocenters. The van der Waals surface area contributed by atoms with Crippen molar-refractivity contribution in [2.24, 2.45) is 0 Å². The molecule has 6 rings (SSSR count). The number of pyridine rings is 1. The van der Waals surface area contributed by atoms with Crippen LogP contribution in [-0.4, -0.2) is 21.8 Å². The highest BCUT2D eigenvalue weighted by atomic mass is 32.1. The third kappa shape index (κ3) is 4.80. The molecule has 0 bridgehead atoms. The van der Waals surface area contributed by atoms with Gasteiger partial charge in [0.05, 0.1) is 24.9 Å². The summed E-state index contributed by atoms with van der Waals surface area (Å²) in [5.41, 5.74) is 6.60. The predicted molar refractivity (Wildman–Crippen MR) is 163 cm³/mol. The summed E-state index contributed by atoms with van der Waals surface area (Å²) in [6, 6.07) is 34.1. The first kappa shape index (κ1) is 25.6. The van der Waals surface area contributed by atoms with Crippen LogP contribution in [0.5, 0.6) is 17.2 Å². The van der Waals surface area contributed by atoms with E-state index in [0.717, 1.165) is 34.3 Å². The topological polar surface area (TPSA) is 51.6 Å². The molecule has 2 aromatic heterocycles. The van der Waals surface area contributed by atoms with Gasteiger partial charge in [0.2, 0.25) is 0 Å². The molecule has 1 aliphatic heterocycles. The molecule has 0 radical (unpaired) electrons. The minimum Gasteiger partial charge on any atom is -0.497 e. The van der Waals surface area contributed by atoms with E-state index in [1.807, 2.05) is 60.8 Å². The van der Waals surface area contributed by atoms with Crippen molar-refractivity contribution in [2.75, 3.05) is 12.0 Å². The Balaban J connectivity index is 1.38. The molecule has 200 valence electrons. The van der Waals surface area contributed by atoms with E-state index < -0.39 is 0 Å². The van der Waals surface area contributed by atoms with Gasteiger partial charge in [-0.25, -0.2) is 0 Å². The van der Waals surface area contributed by atoms with E-state index in [1.165, 1.54) is 17.0 Å². The van der Waals surface area contributed by atoms with Gasteiger partial charge in [0.1, 0.15) is 17.2 Å². The highest BCUT2D eigenvalue weighted by Crippen LogP contribution is 2.44. The van der Waals surface area contributed by atoms with Crippen LogP contribution < -0.4 is 19.7 Å². The molecule has 0 spiro atoms. The Labute approximate surface area is 239 Å². The lowest BCUT2D eigenvalue weighted by Crippen LogP contribution is -2.29. The van der Waals surface area contributed by atoms with Gasteiger partial charge < -0.3 is 24.3 Å². The van der Waals surface area contributed by atoms with Crippen molar-refractivity contribution < 1.29 is 9.47 Å². The van der Waals surface area contributed by atoms with Crippen LogP contribution >= 0.6 is 12.2 Å². The fraction of sp³-hybridized carbons (Fsp3) is 0.152. The lowest BCUT2D eigenvalue weighted by molar-refractivity contribution is 0.413. The Morgan fingerprint density at radius 3 is 2.08 bits per heavy atom. The number of hydrogen-bond donors (Lipinski definition) is 1. The molecular formula is C33H30N4O2S. The van der Waals surface area contributed by atoms with E-state index in [9.17, 15) is 0 Å². The van der Waals surface area contributed by atoms with Crippen molar-refractivity contribution in [1.82, 2.24) is 14.9 Å². The van der Waals surface area contributed by atoms with E-state index in [-0.39, 0.29) is 12.1 Å². The fourth-order valence-corrected chi connectivity index (χ4v) is 5.81. The Kier molecular flexibility index (Phi) is 6.97. The Morgan fingerprint density at radius 2 is 1.43 bits per heavy atom. The summed E-state index contributed by atoms with van der Waals surface area (Å²) in [5, 5.41) is 4.23. The molecule has 1 aliphatic rings. The summed E-state index contributed by atoms with van der Waals surface area (Å²) < 4.78 is 13.6. The molecule has 1 N–H and O–H groups in total. The number of aromatic nitrogens is 2. The van der Waals surface area contributed by atoms with Crippen molar-refractivity contribution >= 4 is 23.0 Å². The van der Waals surface area contributed by atoms with Crippen LogP contribution in [0.4, 0.5) is 5.69 Å². The number of para-hydroxylation sites is 1. The number of benzene rings is 3. The molecule has 3 aromatic carbocycles. The zero-order valence-electron chi connectivity index (χ0n) is 22.6. The third-order valence-corrected chi connectivity index (χ3v) is 7.63. The van der Waals surface area contributed by atoms with Crippen LogP contribution in [0.1, 0.15) is 34.7 Å².